The zero-order chi connectivity index (χ0) is 7.98. The number of carbonyl (C=O) groups is 1. The molecule has 0 aromatic rings. The second kappa shape index (κ2) is 12.5. The average molecular weight is 190 g/mol. The Balaban J connectivity index is -0.000000405. The molecule has 0 aliphatic carbocycles. The van der Waals surface area contributed by atoms with E-state index in [1.807, 2.05) is 13.8 Å². The number of hydrogen-bond acceptors (Lipinski definition) is 1. The van der Waals surface area contributed by atoms with Crippen LogP contribution in [0.25, 0.3) is 0 Å². The van der Waals surface area contributed by atoms with Crippen LogP contribution in [-0.4, -0.2) is 11.1 Å². The number of carboxylic acid groups (broad SMARTS) is 1. The van der Waals surface area contributed by atoms with E-state index in [0.29, 0.717) is 0 Å². The van der Waals surface area contributed by atoms with E-state index in [4.69, 9.17) is 5.11 Å². The summed E-state index contributed by atoms with van der Waals surface area (Å²) >= 11 is 0. The average Bonchev–Trinajstić information content (AvgIpc) is 1.87. The van der Waals surface area contributed by atoms with Crippen LogP contribution in [0, 0.1) is 5.92 Å². The Bertz CT molecular complexity index is 101. The first-order chi connectivity index (χ1) is 4.72. The van der Waals surface area contributed by atoms with Crippen molar-refractivity contribution in [2.75, 3.05) is 0 Å². The van der Waals surface area contributed by atoms with Crippen LogP contribution >= 0.6 is 0 Å². The van der Waals surface area contributed by atoms with E-state index >= 15 is 0 Å². The minimum absolute atomic E-state index is 0. The standard InChI is InChI=1S/C8H16O2.2Na/c1-3-5-7(6-4-2)8(9)10;;/h7H,3-6H2,1-2H3,(H,9,10);;/q;2*+1. The summed E-state index contributed by atoms with van der Waals surface area (Å²) in [5.74, 6) is -0.737. The van der Waals surface area contributed by atoms with E-state index < -0.39 is 5.97 Å². The van der Waals surface area contributed by atoms with Gasteiger partial charge in [-0.1, -0.05) is 26.7 Å². The van der Waals surface area contributed by atoms with E-state index in [-0.39, 0.29) is 65.0 Å². The Labute approximate surface area is 119 Å². The van der Waals surface area contributed by atoms with Gasteiger partial charge in [0, 0.05) is 0 Å². The second-order valence-electron chi connectivity index (χ2n) is 2.61. The Morgan fingerprint density at radius 1 is 1.17 bits per heavy atom. The van der Waals surface area contributed by atoms with Gasteiger partial charge in [0.25, 0.3) is 0 Å². The normalized spacial score (nSPS) is 8.58. The molecule has 0 spiro atoms. The summed E-state index contributed by atoms with van der Waals surface area (Å²) in [4.78, 5) is 10.5. The van der Waals surface area contributed by atoms with Gasteiger partial charge in [-0.05, 0) is 12.8 Å². The Hall–Kier alpha value is 1.47. The fourth-order valence-corrected chi connectivity index (χ4v) is 1.09. The molecule has 2 nitrogen and oxygen atoms in total. The number of aliphatic carboxylic acids is 1. The molecule has 0 heterocycles. The minimum Gasteiger partial charge on any atom is -0.481 e. The topological polar surface area (TPSA) is 37.3 Å². The molecule has 0 aliphatic rings. The molecule has 4 heteroatoms. The molecule has 0 aromatic carbocycles. The number of rotatable bonds is 5. The van der Waals surface area contributed by atoms with Crippen molar-refractivity contribution in [2.45, 2.75) is 39.5 Å². The van der Waals surface area contributed by atoms with Crippen LogP contribution in [0.4, 0.5) is 0 Å². The molecule has 60 valence electrons. The first-order valence-corrected chi connectivity index (χ1v) is 3.95. The van der Waals surface area contributed by atoms with Crippen LogP contribution in [0.3, 0.4) is 0 Å². The van der Waals surface area contributed by atoms with E-state index in [0.717, 1.165) is 25.7 Å². The van der Waals surface area contributed by atoms with Gasteiger partial charge in [0.15, 0.2) is 0 Å². The monoisotopic (exact) mass is 190 g/mol. The van der Waals surface area contributed by atoms with Crippen molar-refractivity contribution >= 4 is 5.97 Å². The largest absolute Gasteiger partial charge is 1.00 e. The van der Waals surface area contributed by atoms with E-state index in [1.54, 1.807) is 0 Å². The van der Waals surface area contributed by atoms with Crippen molar-refractivity contribution in [3.63, 3.8) is 0 Å². The molecular weight excluding hydrogens is 174 g/mol. The summed E-state index contributed by atoms with van der Waals surface area (Å²) in [5, 5.41) is 8.64. The maximum absolute atomic E-state index is 10.5. The molecular formula is C8H16Na2O2+2. The van der Waals surface area contributed by atoms with Gasteiger partial charge >= 0.3 is 65.1 Å². The molecule has 12 heavy (non-hydrogen) atoms. The SMILES string of the molecule is CCCC(CCC)C(=O)O.[Na+].[Na+]. The molecule has 0 saturated carbocycles. The van der Waals surface area contributed by atoms with Crippen LogP contribution < -0.4 is 59.1 Å². The van der Waals surface area contributed by atoms with Gasteiger partial charge in [0.1, 0.15) is 0 Å². The van der Waals surface area contributed by atoms with Gasteiger partial charge in [-0.25, -0.2) is 0 Å². The van der Waals surface area contributed by atoms with Gasteiger partial charge in [0.05, 0.1) is 5.92 Å². The Morgan fingerprint density at radius 2 is 1.50 bits per heavy atom. The van der Waals surface area contributed by atoms with Gasteiger partial charge in [0.2, 0.25) is 0 Å². The molecule has 0 radical (unpaired) electrons. The predicted octanol–water partition coefficient (Wildman–Crippen LogP) is -3.70. The van der Waals surface area contributed by atoms with Crippen molar-refractivity contribution in [1.82, 2.24) is 0 Å². The third-order valence-electron chi connectivity index (χ3n) is 1.62. The third-order valence-corrected chi connectivity index (χ3v) is 1.62. The van der Waals surface area contributed by atoms with Gasteiger partial charge in [-0.3, -0.25) is 4.79 Å². The molecule has 0 bridgehead atoms. The fraction of sp³-hybridized carbons (Fsp3) is 0.875. The summed E-state index contributed by atoms with van der Waals surface area (Å²) < 4.78 is 0. The van der Waals surface area contributed by atoms with Crippen LogP contribution in [0.5, 0.6) is 0 Å². The molecule has 0 fully saturated rings. The Morgan fingerprint density at radius 3 is 1.67 bits per heavy atom. The zero-order valence-corrected chi connectivity index (χ0v) is 12.8. The van der Waals surface area contributed by atoms with Crippen molar-refractivity contribution in [3.05, 3.63) is 0 Å². The van der Waals surface area contributed by atoms with E-state index in [9.17, 15) is 4.79 Å². The van der Waals surface area contributed by atoms with Crippen molar-refractivity contribution < 1.29 is 69.0 Å². The third kappa shape index (κ3) is 9.56. The molecule has 0 aromatic heterocycles. The van der Waals surface area contributed by atoms with Crippen molar-refractivity contribution in [2.24, 2.45) is 5.92 Å². The summed E-state index contributed by atoms with van der Waals surface area (Å²) in [7, 11) is 0. The molecule has 0 atom stereocenters. The van der Waals surface area contributed by atoms with Gasteiger partial charge < -0.3 is 5.11 Å². The van der Waals surface area contributed by atoms with Gasteiger partial charge in [-0.15, -0.1) is 0 Å². The predicted molar refractivity (Wildman–Crippen MR) is 40.9 cm³/mol. The van der Waals surface area contributed by atoms with Crippen LogP contribution in [0.2, 0.25) is 0 Å². The van der Waals surface area contributed by atoms with Crippen LogP contribution in [0.1, 0.15) is 39.5 Å². The zero-order valence-electron chi connectivity index (χ0n) is 8.76. The minimum atomic E-state index is -0.635. The maximum atomic E-state index is 10.5. The summed E-state index contributed by atoms with van der Waals surface area (Å²) in [6, 6.07) is 0. The van der Waals surface area contributed by atoms with Crippen molar-refractivity contribution in [3.8, 4) is 0 Å². The summed E-state index contributed by atoms with van der Waals surface area (Å²) in [5.41, 5.74) is 0. The van der Waals surface area contributed by atoms with E-state index in [2.05, 4.69) is 0 Å². The molecule has 0 unspecified atom stereocenters. The quantitative estimate of drug-likeness (QED) is 0.453. The van der Waals surface area contributed by atoms with E-state index in [1.165, 1.54) is 0 Å². The molecule has 0 rings (SSSR count). The first-order valence-electron chi connectivity index (χ1n) is 3.95. The Kier molecular flexibility index (Phi) is 19.9. The summed E-state index contributed by atoms with van der Waals surface area (Å²) in [6.07, 6.45) is 3.58. The van der Waals surface area contributed by atoms with Crippen molar-refractivity contribution in [1.29, 1.82) is 0 Å². The smallest absolute Gasteiger partial charge is 0.481 e. The van der Waals surface area contributed by atoms with Crippen LogP contribution in [0.15, 0.2) is 0 Å². The molecule has 0 amide bonds. The first kappa shape index (κ1) is 19.1. The molecule has 1 N–H and O–H groups in total. The number of hydrogen-bond donors (Lipinski definition) is 1. The summed E-state index contributed by atoms with van der Waals surface area (Å²) in [6.45, 7) is 4.04. The molecule has 0 saturated heterocycles. The number of carboxylic acids is 1. The molecule has 0 aliphatic heterocycles. The maximum Gasteiger partial charge on any atom is 1.00 e. The fourth-order valence-electron chi connectivity index (χ4n) is 1.09. The second-order valence-corrected chi connectivity index (χ2v) is 2.61. The van der Waals surface area contributed by atoms with Gasteiger partial charge in [-0.2, -0.15) is 0 Å². The van der Waals surface area contributed by atoms with Crippen LogP contribution in [-0.2, 0) is 4.79 Å².